The summed E-state index contributed by atoms with van der Waals surface area (Å²) in [5.41, 5.74) is 0. The van der Waals surface area contributed by atoms with Gasteiger partial charge >= 0.3 is 0 Å². The summed E-state index contributed by atoms with van der Waals surface area (Å²) in [4.78, 5) is 14.9. The van der Waals surface area contributed by atoms with E-state index in [-0.39, 0.29) is 16.7 Å². The fraction of sp³-hybridized carbons (Fsp3) is 0.650. The molecule has 1 aromatic rings. The smallest absolute Gasteiger partial charge is 0.243 e. The van der Waals surface area contributed by atoms with Crippen LogP contribution in [-0.2, 0) is 14.8 Å². The lowest BCUT2D eigenvalue weighted by molar-refractivity contribution is -0.136. The first-order chi connectivity index (χ1) is 13.4. The highest BCUT2D eigenvalue weighted by Gasteiger charge is 2.34. The molecule has 0 bridgehead atoms. The molecule has 1 heterocycles. The Kier molecular flexibility index (Phi) is 8.12. The normalized spacial score (nSPS) is 16.0. The van der Waals surface area contributed by atoms with Gasteiger partial charge in [-0.2, -0.15) is 4.31 Å². The standard InChI is InChI=1S/C20H32N2O5S/c1-5-11-21(12-6-2)20(23)16-9-13-22(14-10-16)28(24,25)17-7-8-18(26-3)19(15-17)27-4/h7-8,15-16H,5-6,9-14H2,1-4H3. The van der Waals surface area contributed by atoms with Gasteiger partial charge < -0.3 is 14.4 Å². The van der Waals surface area contributed by atoms with Gasteiger partial charge in [-0.1, -0.05) is 13.8 Å². The molecule has 8 heteroatoms. The van der Waals surface area contributed by atoms with Gasteiger partial charge in [-0.15, -0.1) is 0 Å². The van der Waals surface area contributed by atoms with Crippen LogP contribution < -0.4 is 9.47 Å². The quantitative estimate of drug-likeness (QED) is 0.623. The number of nitrogens with zero attached hydrogens (tertiary/aromatic N) is 2. The number of ether oxygens (including phenoxy) is 2. The molecular formula is C20H32N2O5S. The Labute approximate surface area is 168 Å². The number of amides is 1. The molecule has 0 saturated carbocycles. The van der Waals surface area contributed by atoms with E-state index in [9.17, 15) is 13.2 Å². The highest BCUT2D eigenvalue weighted by Crippen LogP contribution is 2.32. The average Bonchev–Trinajstić information content (AvgIpc) is 2.72. The largest absolute Gasteiger partial charge is 0.493 e. The van der Waals surface area contributed by atoms with E-state index >= 15 is 0 Å². The molecule has 0 atom stereocenters. The van der Waals surface area contributed by atoms with Crippen LogP contribution in [0.15, 0.2) is 23.1 Å². The fourth-order valence-corrected chi connectivity index (χ4v) is 5.09. The molecule has 0 N–H and O–H groups in total. The predicted molar refractivity (Wildman–Crippen MR) is 108 cm³/mol. The number of rotatable bonds is 9. The Balaban J connectivity index is 2.08. The summed E-state index contributed by atoms with van der Waals surface area (Å²) in [6, 6.07) is 4.60. The summed E-state index contributed by atoms with van der Waals surface area (Å²) < 4.78 is 37.9. The van der Waals surface area contributed by atoms with Crippen LogP contribution in [-0.4, -0.2) is 63.9 Å². The number of methoxy groups -OCH3 is 2. The third-order valence-corrected chi connectivity index (χ3v) is 6.99. The zero-order valence-electron chi connectivity index (χ0n) is 17.3. The lowest BCUT2D eigenvalue weighted by atomic mass is 9.96. The van der Waals surface area contributed by atoms with Crippen molar-refractivity contribution in [1.29, 1.82) is 0 Å². The number of piperidine rings is 1. The minimum absolute atomic E-state index is 0.102. The zero-order chi connectivity index (χ0) is 20.7. The van der Waals surface area contributed by atoms with E-state index in [4.69, 9.17) is 9.47 Å². The van der Waals surface area contributed by atoms with Crippen LogP contribution in [0.1, 0.15) is 39.5 Å². The number of hydrogen-bond acceptors (Lipinski definition) is 5. The van der Waals surface area contributed by atoms with Gasteiger partial charge in [0.05, 0.1) is 19.1 Å². The SMILES string of the molecule is CCCN(CCC)C(=O)C1CCN(S(=O)(=O)c2ccc(OC)c(OC)c2)CC1. The molecule has 0 aromatic heterocycles. The van der Waals surface area contributed by atoms with Crippen molar-refractivity contribution in [2.75, 3.05) is 40.4 Å². The molecule has 1 saturated heterocycles. The maximum atomic E-state index is 13.0. The van der Waals surface area contributed by atoms with E-state index < -0.39 is 10.0 Å². The summed E-state index contributed by atoms with van der Waals surface area (Å²) in [5.74, 6) is 0.919. The monoisotopic (exact) mass is 412 g/mol. The van der Waals surface area contributed by atoms with Gasteiger partial charge in [0.15, 0.2) is 11.5 Å². The van der Waals surface area contributed by atoms with Crippen molar-refractivity contribution in [3.05, 3.63) is 18.2 Å². The van der Waals surface area contributed by atoms with Crippen molar-refractivity contribution in [1.82, 2.24) is 9.21 Å². The molecule has 1 aliphatic heterocycles. The van der Waals surface area contributed by atoms with Crippen LogP contribution in [0, 0.1) is 5.92 Å². The summed E-state index contributed by atoms with van der Waals surface area (Å²) in [6.45, 7) is 6.34. The zero-order valence-corrected chi connectivity index (χ0v) is 18.1. The van der Waals surface area contributed by atoms with Crippen LogP contribution in [0.5, 0.6) is 11.5 Å². The molecule has 0 aliphatic carbocycles. The fourth-order valence-electron chi connectivity index (χ4n) is 3.60. The van der Waals surface area contributed by atoms with Crippen molar-refractivity contribution < 1.29 is 22.7 Å². The number of sulfonamides is 1. The predicted octanol–water partition coefficient (Wildman–Crippen LogP) is 2.75. The molecule has 158 valence electrons. The van der Waals surface area contributed by atoms with Gasteiger partial charge in [-0.3, -0.25) is 4.79 Å². The number of hydrogen-bond donors (Lipinski definition) is 0. The Hall–Kier alpha value is -1.80. The second-order valence-electron chi connectivity index (χ2n) is 7.02. The molecule has 1 aliphatic rings. The first-order valence-corrected chi connectivity index (χ1v) is 11.3. The van der Waals surface area contributed by atoms with Crippen LogP contribution in [0.3, 0.4) is 0 Å². The van der Waals surface area contributed by atoms with Gasteiger partial charge in [0.25, 0.3) is 0 Å². The molecule has 0 unspecified atom stereocenters. The van der Waals surface area contributed by atoms with Crippen LogP contribution in [0.25, 0.3) is 0 Å². The molecule has 2 rings (SSSR count). The number of carbonyl (C=O) groups excluding carboxylic acids is 1. The summed E-state index contributed by atoms with van der Waals surface area (Å²) >= 11 is 0. The van der Waals surface area contributed by atoms with Crippen LogP contribution in [0.2, 0.25) is 0 Å². The Bertz CT molecular complexity index is 752. The molecule has 28 heavy (non-hydrogen) atoms. The molecule has 7 nitrogen and oxygen atoms in total. The van der Waals surface area contributed by atoms with Crippen molar-refractivity contribution in [3.8, 4) is 11.5 Å². The minimum atomic E-state index is -3.64. The molecule has 0 radical (unpaired) electrons. The van der Waals surface area contributed by atoms with Crippen LogP contribution >= 0.6 is 0 Å². The third-order valence-electron chi connectivity index (χ3n) is 5.09. The van der Waals surface area contributed by atoms with Crippen molar-refractivity contribution in [2.24, 2.45) is 5.92 Å². The maximum absolute atomic E-state index is 13.0. The van der Waals surface area contributed by atoms with Crippen molar-refractivity contribution >= 4 is 15.9 Å². The second-order valence-corrected chi connectivity index (χ2v) is 8.96. The molecular weight excluding hydrogens is 380 g/mol. The topological polar surface area (TPSA) is 76.2 Å². The Morgan fingerprint density at radius 3 is 2.14 bits per heavy atom. The lowest BCUT2D eigenvalue weighted by Gasteiger charge is -2.33. The van der Waals surface area contributed by atoms with Crippen molar-refractivity contribution in [3.63, 3.8) is 0 Å². The summed E-state index contributed by atoms with van der Waals surface area (Å²) in [6.07, 6.45) is 2.96. The Morgan fingerprint density at radius 1 is 1.07 bits per heavy atom. The van der Waals surface area contributed by atoms with E-state index in [0.717, 1.165) is 25.9 Å². The third kappa shape index (κ3) is 4.97. The van der Waals surface area contributed by atoms with Gasteiger partial charge in [0, 0.05) is 38.2 Å². The van der Waals surface area contributed by atoms with Gasteiger partial charge in [0.2, 0.25) is 15.9 Å². The summed E-state index contributed by atoms with van der Waals surface area (Å²) in [7, 11) is -0.653. The number of carbonyl (C=O) groups is 1. The van der Waals surface area contributed by atoms with Gasteiger partial charge in [0.1, 0.15) is 0 Å². The van der Waals surface area contributed by atoms with E-state index in [0.29, 0.717) is 37.4 Å². The lowest BCUT2D eigenvalue weighted by Crippen LogP contribution is -2.44. The molecule has 0 spiro atoms. The molecule has 1 fully saturated rings. The summed E-state index contributed by atoms with van der Waals surface area (Å²) in [5, 5.41) is 0. The van der Waals surface area contributed by atoms with Gasteiger partial charge in [-0.05, 0) is 37.8 Å². The first-order valence-electron chi connectivity index (χ1n) is 9.89. The van der Waals surface area contributed by atoms with E-state index in [1.165, 1.54) is 30.7 Å². The van der Waals surface area contributed by atoms with E-state index in [1.54, 1.807) is 6.07 Å². The average molecular weight is 413 g/mol. The highest BCUT2D eigenvalue weighted by atomic mass is 32.2. The molecule has 1 aromatic carbocycles. The highest BCUT2D eigenvalue weighted by molar-refractivity contribution is 7.89. The van der Waals surface area contributed by atoms with E-state index in [2.05, 4.69) is 13.8 Å². The maximum Gasteiger partial charge on any atom is 0.243 e. The van der Waals surface area contributed by atoms with Crippen LogP contribution in [0.4, 0.5) is 0 Å². The van der Waals surface area contributed by atoms with Gasteiger partial charge in [-0.25, -0.2) is 8.42 Å². The number of benzene rings is 1. The van der Waals surface area contributed by atoms with Crippen molar-refractivity contribution in [2.45, 2.75) is 44.4 Å². The van der Waals surface area contributed by atoms with E-state index in [1.807, 2.05) is 4.90 Å². The minimum Gasteiger partial charge on any atom is -0.493 e. The molecule has 1 amide bonds. The second kappa shape index (κ2) is 10.1. The Morgan fingerprint density at radius 2 is 1.64 bits per heavy atom. The first kappa shape index (κ1) is 22.5.